The molecule has 0 aliphatic rings. The number of hydrogen-bond acceptors (Lipinski definition) is 2. The van der Waals surface area contributed by atoms with Gasteiger partial charge < -0.3 is 13.9 Å². The SMILES string of the molecule is c1ccc(-c2ccc(-c3cccc4c3c3cc(N(c5ccc(-c6ccccc6)cc5)c5ccc6c(c5)oc5ccccc56)ccc3n4-c3ccccc3)cc2)cc1. The van der Waals surface area contributed by atoms with Crippen molar-refractivity contribution in [2.24, 2.45) is 0 Å². The topological polar surface area (TPSA) is 21.3 Å². The van der Waals surface area contributed by atoms with E-state index in [1.807, 2.05) is 12.1 Å². The molecular formula is C54H36N2O. The van der Waals surface area contributed by atoms with E-state index >= 15 is 0 Å². The summed E-state index contributed by atoms with van der Waals surface area (Å²) < 4.78 is 8.84. The van der Waals surface area contributed by atoms with Crippen molar-refractivity contribution in [3.8, 4) is 39.1 Å². The summed E-state index contributed by atoms with van der Waals surface area (Å²) in [5, 5.41) is 4.64. The van der Waals surface area contributed by atoms with Crippen molar-refractivity contribution in [3.05, 3.63) is 218 Å². The molecule has 0 aliphatic heterocycles. The van der Waals surface area contributed by atoms with E-state index in [9.17, 15) is 0 Å². The van der Waals surface area contributed by atoms with E-state index in [4.69, 9.17) is 4.42 Å². The zero-order valence-corrected chi connectivity index (χ0v) is 31.1. The Hall–Kier alpha value is -7.62. The summed E-state index contributed by atoms with van der Waals surface area (Å²) in [5.41, 5.74) is 15.5. The molecule has 0 N–H and O–H groups in total. The van der Waals surface area contributed by atoms with Crippen LogP contribution in [0.25, 0.3) is 82.8 Å². The number of benzene rings is 9. The number of hydrogen-bond donors (Lipinski definition) is 0. The van der Waals surface area contributed by atoms with Gasteiger partial charge >= 0.3 is 0 Å². The first kappa shape index (κ1) is 32.8. The number of furan rings is 1. The van der Waals surface area contributed by atoms with Gasteiger partial charge in [0.2, 0.25) is 0 Å². The van der Waals surface area contributed by atoms with Crippen LogP contribution < -0.4 is 4.90 Å². The second-order valence-corrected chi connectivity index (χ2v) is 14.5. The molecule has 0 atom stereocenters. The minimum atomic E-state index is 0.864. The first-order chi connectivity index (χ1) is 28.3. The summed E-state index contributed by atoms with van der Waals surface area (Å²) >= 11 is 0. The van der Waals surface area contributed by atoms with E-state index in [2.05, 4.69) is 216 Å². The summed E-state index contributed by atoms with van der Waals surface area (Å²) in [6.45, 7) is 0. The molecule has 0 saturated carbocycles. The highest BCUT2D eigenvalue weighted by Crippen LogP contribution is 2.44. The fourth-order valence-corrected chi connectivity index (χ4v) is 8.50. The van der Waals surface area contributed by atoms with Gasteiger partial charge in [0.25, 0.3) is 0 Å². The number of aromatic nitrogens is 1. The maximum atomic E-state index is 6.44. The summed E-state index contributed by atoms with van der Waals surface area (Å²) in [5.74, 6) is 0. The fourth-order valence-electron chi connectivity index (χ4n) is 8.50. The van der Waals surface area contributed by atoms with E-state index in [1.54, 1.807) is 0 Å². The van der Waals surface area contributed by atoms with E-state index in [-0.39, 0.29) is 0 Å². The van der Waals surface area contributed by atoms with Crippen LogP contribution in [0, 0.1) is 0 Å². The number of fused-ring (bicyclic) bond motifs is 6. The molecule has 0 bridgehead atoms. The quantitative estimate of drug-likeness (QED) is 0.163. The Kier molecular flexibility index (Phi) is 7.82. The standard InChI is InChI=1S/C54H36N2O/c1-4-13-37(14-5-1)39-23-25-41(26-24-39)46-20-12-21-51-54(46)49-35-44(32-34-50(49)56(51)42-17-8-3-9-18-42)55(43-29-27-40(28-30-43)38-15-6-2-7-16-38)45-31-33-48-47-19-10-11-22-52(47)57-53(48)36-45/h1-36H. The highest BCUT2D eigenvalue weighted by Gasteiger charge is 2.21. The Morgan fingerprint density at radius 2 is 0.877 bits per heavy atom. The second kappa shape index (κ2) is 13.6. The van der Waals surface area contributed by atoms with Gasteiger partial charge in [0.1, 0.15) is 11.2 Å². The van der Waals surface area contributed by atoms with E-state index in [0.29, 0.717) is 0 Å². The van der Waals surface area contributed by atoms with Crippen molar-refractivity contribution in [3.63, 3.8) is 0 Å². The lowest BCUT2D eigenvalue weighted by atomic mass is 9.96. The third kappa shape index (κ3) is 5.68. The molecule has 0 spiro atoms. The van der Waals surface area contributed by atoms with Crippen LogP contribution in [0.5, 0.6) is 0 Å². The molecular weight excluding hydrogens is 693 g/mol. The van der Waals surface area contributed by atoms with E-state index < -0.39 is 0 Å². The molecule has 11 rings (SSSR count). The zero-order chi connectivity index (χ0) is 37.7. The van der Waals surface area contributed by atoms with Crippen molar-refractivity contribution in [2.45, 2.75) is 0 Å². The second-order valence-electron chi connectivity index (χ2n) is 14.5. The maximum Gasteiger partial charge on any atom is 0.137 e. The Morgan fingerprint density at radius 3 is 1.60 bits per heavy atom. The van der Waals surface area contributed by atoms with Gasteiger partial charge in [0, 0.05) is 50.4 Å². The van der Waals surface area contributed by atoms with Crippen molar-refractivity contribution >= 4 is 60.8 Å². The largest absolute Gasteiger partial charge is 0.456 e. The predicted octanol–water partition coefficient (Wildman–Crippen LogP) is 15.2. The van der Waals surface area contributed by atoms with Crippen LogP contribution in [0.3, 0.4) is 0 Å². The molecule has 0 amide bonds. The van der Waals surface area contributed by atoms with Gasteiger partial charge in [-0.15, -0.1) is 0 Å². The minimum Gasteiger partial charge on any atom is -0.456 e. The molecule has 9 aromatic carbocycles. The van der Waals surface area contributed by atoms with Crippen LogP contribution in [-0.4, -0.2) is 4.57 Å². The van der Waals surface area contributed by atoms with Gasteiger partial charge in [-0.2, -0.15) is 0 Å². The lowest BCUT2D eigenvalue weighted by molar-refractivity contribution is 0.669. The molecule has 0 fully saturated rings. The number of para-hydroxylation sites is 2. The van der Waals surface area contributed by atoms with Gasteiger partial charge in [0.15, 0.2) is 0 Å². The Bertz CT molecular complexity index is 3200. The Labute approximate surface area is 330 Å². The first-order valence-corrected chi connectivity index (χ1v) is 19.4. The third-order valence-electron chi connectivity index (χ3n) is 11.2. The van der Waals surface area contributed by atoms with Crippen LogP contribution >= 0.6 is 0 Å². The summed E-state index contributed by atoms with van der Waals surface area (Å²) in [7, 11) is 0. The smallest absolute Gasteiger partial charge is 0.137 e. The van der Waals surface area contributed by atoms with Crippen LogP contribution in [-0.2, 0) is 0 Å². The molecule has 0 radical (unpaired) electrons. The van der Waals surface area contributed by atoms with Crippen LogP contribution in [0.2, 0.25) is 0 Å². The van der Waals surface area contributed by atoms with Gasteiger partial charge in [-0.1, -0.05) is 146 Å². The first-order valence-electron chi connectivity index (χ1n) is 19.4. The molecule has 0 aliphatic carbocycles. The zero-order valence-electron chi connectivity index (χ0n) is 31.1. The lowest BCUT2D eigenvalue weighted by Gasteiger charge is -2.26. The summed E-state index contributed by atoms with van der Waals surface area (Å²) in [4.78, 5) is 2.35. The van der Waals surface area contributed by atoms with Gasteiger partial charge in [-0.25, -0.2) is 0 Å². The Balaban J connectivity index is 1.13. The van der Waals surface area contributed by atoms with Crippen molar-refractivity contribution in [2.75, 3.05) is 4.90 Å². The van der Waals surface area contributed by atoms with Gasteiger partial charge in [-0.3, -0.25) is 0 Å². The van der Waals surface area contributed by atoms with Crippen LogP contribution in [0.15, 0.2) is 223 Å². The summed E-state index contributed by atoms with van der Waals surface area (Å²) in [6.07, 6.45) is 0. The van der Waals surface area contributed by atoms with Crippen molar-refractivity contribution in [1.29, 1.82) is 0 Å². The molecule has 3 nitrogen and oxygen atoms in total. The lowest BCUT2D eigenvalue weighted by Crippen LogP contribution is -2.09. The molecule has 2 aromatic heterocycles. The molecule has 3 heteroatoms. The predicted molar refractivity (Wildman–Crippen MR) is 239 cm³/mol. The maximum absolute atomic E-state index is 6.44. The molecule has 57 heavy (non-hydrogen) atoms. The van der Waals surface area contributed by atoms with Crippen molar-refractivity contribution < 1.29 is 4.42 Å². The molecule has 0 unspecified atom stereocenters. The van der Waals surface area contributed by atoms with Gasteiger partial charge in [0.05, 0.1) is 11.0 Å². The third-order valence-corrected chi connectivity index (χ3v) is 11.2. The summed E-state index contributed by atoms with van der Waals surface area (Å²) in [6, 6.07) is 78.1. The normalized spacial score (nSPS) is 11.5. The van der Waals surface area contributed by atoms with Gasteiger partial charge in [-0.05, 0) is 100 Å². The highest BCUT2D eigenvalue weighted by atomic mass is 16.3. The number of rotatable bonds is 7. The average molecular weight is 729 g/mol. The van der Waals surface area contributed by atoms with Crippen LogP contribution in [0.1, 0.15) is 0 Å². The monoisotopic (exact) mass is 728 g/mol. The fraction of sp³-hybridized carbons (Fsp3) is 0. The van der Waals surface area contributed by atoms with Crippen LogP contribution in [0.4, 0.5) is 17.1 Å². The van der Waals surface area contributed by atoms with E-state index in [1.165, 1.54) is 49.7 Å². The molecule has 11 aromatic rings. The average Bonchev–Trinajstić information content (AvgIpc) is 3.83. The highest BCUT2D eigenvalue weighted by molar-refractivity contribution is 6.17. The Morgan fingerprint density at radius 1 is 0.333 bits per heavy atom. The molecule has 268 valence electrons. The number of anilines is 3. The molecule has 2 heterocycles. The van der Waals surface area contributed by atoms with E-state index in [0.717, 1.165) is 50.2 Å². The van der Waals surface area contributed by atoms with Crippen molar-refractivity contribution in [1.82, 2.24) is 4.57 Å². The number of nitrogens with zero attached hydrogens (tertiary/aromatic N) is 2. The minimum absolute atomic E-state index is 0.864. The molecule has 0 saturated heterocycles.